The Morgan fingerprint density at radius 1 is 1.54 bits per heavy atom. The van der Waals surface area contributed by atoms with E-state index in [1.54, 1.807) is 6.92 Å². The Balaban J connectivity index is 2.85. The lowest BCUT2D eigenvalue weighted by Gasteiger charge is -1.94. The van der Waals surface area contributed by atoms with E-state index in [2.05, 4.69) is 21.8 Å². The molecule has 1 atom stereocenters. The van der Waals surface area contributed by atoms with Gasteiger partial charge in [-0.2, -0.15) is 0 Å². The molecular weight excluding hydrogens is 164 g/mol. The van der Waals surface area contributed by atoms with Gasteiger partial charge in [0.15, 0.2) is 0 Å². The van der Waals surface area contributed by atoms with Crippen LogP contribution >= 0.6 is 0 Å². The van der Waals surface area contributed by atoms with Crippen molar-refractivity contribution in [2.24, 2.45) is 0 Å². The van der Waals surface area contributed by atoms with E-state index in [9.17, 15) is 0 Å². The average molecular weight is 176 g/mol. The van der Waals surface area contributed by atoms with Gasteiger partial charge in [0.2, 0.25) is 0 Å². The van der Waals surface area contributed by atoms with Gasteiger partial charge in [-0.1, -0.05) is 12.8 Å². The van der Waals surface area contributed by atoms with Crippen LogP contribution < -0.4 is 0 Å². The fraction of sp³-hybridized carbons (Fsp3) is 0.400. The summed E-state index contributed by atoms with van der Waals surface area (Å²) in [6.45, 7) is 3.64. The van der Waals surface area contributed by atoms with Crippen LogP contribution in [0, 0.1) is 11.8 Å². The van der Waals surface area contributed by atoms with Crippen LogP contribution in [0.1, 0.15) is 25.2 Å². The van der Waals surface area contributed by atoms with E-state index in [1.807, 2.05) is 13.0 Å². The second-order valence-electron chi connectivity index (χ2n) is 2.69. The van der Waals surface area contributed by atoms with Gasteiger partial charge in [-0.25, -0.2) is 9.97 Å². The van der Waals surface area contributed by atoms with Crippen molar-refractivity contribution >= 4 is 0 Å². The summed E-state index contributed by atoms with van der Waals surface area (Å²) < 4.78 is 0. The van der Waals surface area contributed by atoms with Gasteiger partial charge in [-0.05, 0) is 25.3 Å². The lowest BCUT2D eigenvalue weighted by molar-refractivity contribution is 0.253. The molecule has 3 nitrogen and oxygen atoms in total. The fourth-order valence-electron chi connectivity index (χ4n) is 0.838. The van der Waals surface area contributed by atoms with E-state index in [0.717, 1.165) is 12.1 Å². The van der Waals surface area contributed by atoms with Crippen LogP contribution in [0.4, 0.5) is 0 Å². The topological polar surface area (TPSA) is 46.0 Å². The summed E-state index contributed by atoms with van der Waals surface area (Å²) in [4.78, 5) is 8.01. The number of aliphatic hydroxyl groups excluding tert-OH is 1. The SMILES string of the molecule is CCc1cc(C#C[C@H](C)O)ncn1. The van der Waals surface area contributed by atoms with Crippen LogP contribution in [0.3, 0.4) is 0 Å². The van der Waals surface area contributed by atoms with Gasteiger partial charge in [0, 0.05) is 5.69 Å². The number of aryl methyl sites for hydroxylation is 1. The number of aromatic nitrogens is 2. The number of hydrogen-bond acceptors (Lipinski definition) is 3. The molecule has 1 rings (SSSR count). The summed E-state index contributed by atoms with van der Waals surface area (Å²) in [6.07, 6.45) is 1.75. The number of hydrogen-bond donors (Lipinski definition) is 1. The molecule has 1 N–H and O–H groups in total. The molecule has 0 aromatic carbocycles. The van der Waals surface area contributed by atoms with Gasteiger partial charge in [-0.3, -0.25) is 0 Å². The summed E-state index contributed by atoms with van der Waals surface area (Å²) in [5, 5.41) is 8.92. The predicted octanol–water partition coefficient (Wildman–Crippen LogP) is 0.771. The molecule has 1 aromatic heterocycles. The van der Waals surface area contributed by atoms with Crippen LogP contribution in [0.15, 0.2) is 12.4 Å². The smallest absolute Gasteiger partial charge is 0.117 e. The molecule has 0 saturated heterocycles. The van der Waals surface area contributed by atoms with Crippen LogP contribution in [0.2, 0.25) is 0 Å². The molecule has 0 spiro atoms. The maximum atomic E-state index is 8.92. The van der Waals surface area contributed by atoms with Crippen molar-refractivity contribution < 1.29 is 5.11 Å². The van der Waals surface area contributed by atoms with Gasteiger partial charge in [0.05, 0.1) is 0 Å². The number of aliphatic hydroxyl groups is 1. The van der Waals surface area contributed by atoms with Crippen LogP contribution in [0.5, 0.6) is 0 Å². The molecular formula is C10H12N2O. The molecule has 0 radical (unpaired) electrons. The fourth-order valence-corrected chi connectivity index (χ4v) is 0.838. The summed E-state index contributed by atoms with van der Waals surface area (Å²) in [7, 11) is 0. The van der Waals surface area contributed by atoms with Crippen molar-refractivity contribution in [1.82, 2.24) is 9.97 Å². The molecule has 3 heteroatoms. The van der Waals surface area contributed by atoms with Gasteiger partial charge in [-0.15, -0.1) is 0 Å². The van der Waals surface area contributed by atoms with E-state index < -0.39 is 6.10 Å². The molecule has 0 amide bonds. The summed E-state index contributed by atoms with van der Waals surface area (Å²) >= 11 is 0. The number of rotatable bonds is 1. The van der Waals surface area contributed by atoms with Crippen molar-refractivity contribution in [3.05, 3.63) is 23.8 Å². The Kier molecular flexibility index (Phi) is 3.41. The predicted molar refractivity (Wildman–Crippen MR) is 50.0 cm³/mol. The Bertz CT molecular complexity index is 336. The summed E-state index contributed by atoms with van der Waals surface area (Å²) in [5.74, 6) is 5.40. The normalized spacial score (nSPS) is 11.6. The molecule has 68 valence electrons. The Morgan fingerprint density at radius 2 is 2.31 bits per heavy atom. The summed E-state index contributed by atoms with van der Waals surface area (Å²) in [6, 6.07) is 1.83. The van der Waals surface area contributed by atoms with Crippen LogP contribution in [-0.2, 0) is 6.42 Å². The second-order valence-corrected chi connectivity index (χ2v) is 2.69. The van der Waals surface area contributed by atoms with Crippen molar-refractivity contribution in [3.63, 3.8) is 0 Å². The van der Waals surface area contributed by atoms with Crippen molar-refractivity contribution in [3.8, 4) is 11.8 Å². The first-order valence-corrected chi connectivity index (χ1v) is 4.23. The first kappa shape index (κ1) is 9.69. The highest BCUT2D eigenvalue weighted by molar-refractivity contribution is 5.28. The first-order valence-electron chi connectivity index (χ1n) is 4.23. The lowest BCUT2D eigenvalue weighted by Crippen LogP contribution is -1.95. The second kappa shape index (κ2) is 4.58. The van der Waals surface area contributed by atoms with Crippen molar-refractivity contribution in [2.45, 2.75) is 26.4 Å². The van der Waals surface area contributed by atoms with Gasteiger partial charge < -0.3 is 5.11 Å². The maximum Gasteiger partial charge on any atom is 0.117 e. The number of nitrogens with zero attached hydrogens (tertiary/aromatic N) is 2. The molecule has 0 aliphatic carbocycles. The van der Waals surface area contributed by atoms with Crippen molar-refractivity contribution in [2.75, 3.05) is 0 Å². The maximum absolute atomic E-state index is 8.92. The molecule has 0 bridgehead atoms. The van der Waals surface area contributed by atoms with Gasteiger partial charge in [0.1, 0.15) is 18.1 Å². The first-order chi connectivity index (χ1) is 6.22. The van der Waals surface area contributed by atoms with E-state index in [0.29, 0.717) is 5.69 Å². The molecule has 0 fully saturated rings. The van der Waals surface area contributed by atoms with Crippen LogP contribution in [0.25, 0.3) is 0 Å². The Hall–Kier alpha value is -1.40. The minimum Gasteiger partial charge on any atom is -0.381 e. The zero-order valence-corrected chi connectivity index (χ0v) is 7.78. The van der Waals surface area contributed by atoms with Crippen molar-refractivity contribution in [1.29, 1.82) is 0 Å². The highest BCUT2D eigenvalue weighted by Crippen LogP contribution is 1.96. The molecule has 0 aliphatic heterocycles. The molecule has 1 aromatic rings. The molecule has 0 aliphatic rings. The molecule has 13 heavy (non-hydrogen) atoms. The highest BCUT2D eigenvalue weighted by atomic mass is 16.3. The molecule has 0 unspecified atom stereocenters. The lowest BCUT2D eigenvalue weighted by atomic mass is 10.2. The van der Waals surface area contributed by atoms with E-state index in [1.165, 1.54) is 6.33 Å². The third kappa shape index (κ3) is 3.22. The third-order valence-corrected chi connectivity index (χ3v) is 1.50. The van der Waals surface area contributed by atoms with E-state index in [4.69, 9.17) is 5.11 Å². The zero-order chi connectivity index (χ0) is 9.68. The highest BCUT2D eigenvalue weighted by Gasteiger charge is 1.93. The zero-order valence-electron chi connectivity index (χ0n) is 7.78. The minimum atomic E-state index is -0.611. The van der Waals surface area contributed by atoms with E-state index in [-0.39, 0.29) is 0 Å². The standard InChI is InChI=1S/C10H12N2O/c1-3-9-6-10(12-7-11-9)5-4-8(2)13/h6-8,13H,3H2,1-2H3/t8-/m0/s1. The Labute approximate surface area is 77.9 Å². The molecule has 1 heterocycles. The quantitative estimate of drug-likeness (QED) is 0.643. The minimum absolute atomic E-state index is 0.611. The monoisotopic (exact) mass is 176 g/mol. The summed E-state index contributed by atoms with van der Waals surface area (Å²) in [5.41, 5.74) is 1.62. The average Bonchev–Trinajstić information content (AvgIpc) is 2.15. The largest absolute Gasteiger partial charge is 0.381 e. The van der Waals surface area contributed by atoms with Gasteiger partial charge in [0.25, 0.3) is 0 Å². The molecule has 0 saturated carbocycles. The third-order valence-electron chi connectivity index (χ3n) is 1.50. The Morgan fingerprint density at radius 3 is 2.92 bits per heavy atom. The van der Waals surface area contributed by atoms with Crippen LogP contribution in [-0.4, -0.2) is 21.2 Å². The van der Waals surface area contributed by atoms with Gasteiger partial charge >= 0.3 is 0 Å². The van der Waals surface area contributed by atoms with E-state index >= 15 is 0 Å².